The minimum atomic E-state index is 0.329. The van der Waals surface area contributed by atoms with Crippen LogP contribution < -0.4 is 0 Å². The van der Waals surface area contributed by atoms with Crippen LogP contribution in [-0.4, -0.2) is 14.8 Å². The molecule has 0 bridgehead atoms. The Labute approximate surface area is 58.7 Å². The summed E-state index contributed by atoms with van der Waals surface area (Å²) in [6, 6.07) is 0.329. The quantitative estimate of drug-likeness (QED) is 0.571. The lowest BCUT2D eigenvalue weighted by molar-refractivity contribution is 0.726. The summed E-state index contributed by atoms with van der Waals surface area (Å²) in [5.41, 5.74) is 0. The van der Waals surface area contributed by atoms with Gasteiger partial charge in [0.1, 0.15) is 12.7 Å². The van der Waals surface area contributed by atoms with Gasteiger partial charge in [0.2, 0.25) is 0 Å². The van der Waals surface area contributed by atoms with E-state index in [9.17, 15) is 0 Å². The lowest BCUT2D eigenvalue weighted by Gasteiger charge is -2.02. The zero-order valence-corrected chi connectivity index (χ0v) is 5.38. The van der Waals surface area contributed by atoms with Gasteiger partial charge in [-0.05, 0) is 0 Å². The number of hydrogen-bond donors (Lipinski definition) is 0. The summed E-state index contributed by atoms with van der Waals surface area (Å²) in [5, 5.41) is 7.42. The molecule has 0 saturated heterocycles. The topological polar surface area (TPSA) is 30.7 Å². The maximum atomic E-state index is 3.71. The van der Waals surface area contributed by atoms with E-state index >= 15 is 0 Å². The van der Waals surface area contributed by atoms with Crippen LogP contribution in [-0.2, 0) is 0 Å². The van der Waals surface area contributed by atoms with E-state index in [1.54, 1.807) is 12.7 Å². The molecule has 1 heterocycles. The van der Waals surface area contributed by atoms with Gasteiger partial charge in [-0.15, -0.1) is 10.2 Å². The highest BCUT2D eigenvalue weighted by Gasteiger charge is 2.03. The fourth-order valence-electron chi connectivity index (χ4n) is 0.982. The van der Waals surface area contributed by atoms with E-state index in [0.717, 1.165) is 0 Å². The zero-order chi connectivity index (χ0) is 6.81. The summed E-state index contributed by atoms with van der Waals surface area (Å²) in [7, 11) is 0. The first-order valence-corrected chi connectivity index (χ1v) is 3.16. The summed E-state index contributed by atoms with van der Waals surface area (Å²) in [6.07, 6.45) is 11.6. The van der Waals surface area contributed by atoms with Crippen molar-refractivity contribution in [1.29, 1.82) is 0 Å². The monoisotopic (exact) mass is 133 g/mol. The first kappa shape index (κ1) is 5.41. The fourth-order valence-corrected chi connectivity index (χ4v) is 0.982. The van der Waals surface area contributed by atoms with Crippen molar-refractivity contribution in [3.05, 3.63) is 37.0 Å². The van der Waals surface area contributed by atoms with E-state index in [2.05, 4.69) is 22.3 Å². The molecule has 0 spiro atoms. The van der Waals surface area contributed by atoms with E-state index in [0.29, 0.717) is 6.04 Å². The lowest BCUT2D eigenvalue weighted by atomic mass is 10.3. The average Bonchev–Trinajstić information content (AvgIpc) is 2.59. The van der Waals surface area contributed by atoms with Crippen molar-refractivity contribution in [2.45, 2.75) is 6.04 Å². The Morgan fingerprint density at radius 2 is 1.60 bits per heavy atom. The number of aromatic nitrogens is 3. The molecule has 0 fully saturated rings. The van der Waals surface area contributed by atoms with Gasteiger partial charge in [-0.1, -0.05) is 24.3 Å². The molecule has 0 aliphatic heterocycles. The standard InChI is InChI=1S/C7H7N3/c1-2-4-7(3-1)10-5-8-9-6-10/h1-7H. The number of allylic oxidation sites excluding steroid dienone is 4. The van der Waals surface area contributed by atoms with Crippen LogP contribution >= 0.6 is 0 Å². The lowest BCUT2D eigenvalue weighted by Crippen LogP contribution is -1.97. The Kier molecular flexibility index (Phi) is 1.13. The van der Waals surface area contributed by atoms with Crippen LogP contribution in [0.25, 0.3) is 0 Å². The molecule has 0 aromatic carbocycles. The molecule has 10 heavy (non-hydrogen) atoms. The second-order valence-corrected chi connectivity index (χ2v) is 2.17. The van der Waals surface area contributed by atoms with E-state index in [-0.39, 0.29) is 0 Å². The highest BCUT2D eigenvalue weighted by atomic mass is 15.2. The van der Waals surface area contributed by atoms with Crippen molar-refractivity contribution in [3.63, 3.8) is 0 Å². The molecule has 0 N–H and O–H groups in total. The minimum Gasteiger partial charge on any atom is -0.310 e. The van der Waals surface area contributed by atoms with Crippen molar-refractivity contribution in [1.82, 2.24) is 14.8 Å². The number of nitrogens with zero attached hydrogens (tertiary/aromatic N) is 3. The predicted octanol–water partition coefficient (Wildman–Crippen LogP) is 0.945. The SMILES string of the molecule is C1=CC(n2cnnc2)C=C1. The number of rotatable bonds is 1. The molecule has 1 aromatic rings. The third kappa shape index (κ3) is 0.757. The van der Waals surface area contributed by atoms with Crippen molar-refractivity contribution in [2.75, 3.05) is 0 Å². The molecule has 0 unspecified atom stereocenters. The molecular formula is C7H7N3. The molecule has 3 heteroatoms. The normalized spacial score (nSPS) is 16.8. The minimum absolute atomic E-state index is 0.329. The van der Waals surface area contributed by atoms with Crippen LogP contribution in [0.4, 0.5) is 0 Å². The van der Waals surface area contributed by atoms with E-state index in [1.807, 2.05) is 16.7 Å². The van der Waals surface area contributed by atoms with Gasteiger partial charge in [0.15, 0.2) is 0 Å². The highest BCUT2D eigenvalue weighted by Crippen LogP contribution is 2.13. The van der Waals surface area contributed by atoms with Crippen LogP contribution in [0, 0.1) is 0 Å². The van der Waals surface area contributed by atoms with E-state index < -0.39 is 0 Å². The third-order valence-electron chi connectivity index (χ3n) is 1.51. The molecule has 1 aliphatic carbocycles. The molecular weight excluding hydrogens is 126 g/mol. The van der Waals surface area contributed by atoms with Gasteiger partial charge in [0.25, 0.3) is 0 Å². The zero-order valence-electron chi connectivity index (χ0n) is 5.38. The maximum absolute atomic E-state index is 3.71. The predicted molar refractivity (Wildman–Crippen MR) is 37.3 cm³/mol. The van der Waals surface area contributed by atoms with Crippen molar-refractivity contribution >= 4 is 0 Å². The van der Waals surface area contributed by atoms with Gasteiger partial charge in [-0.2, -0.15) is 0 Å². The van der Waals surface area contributed by atoms with Gasteiger partial charge >= 0.3 is 0 Å². The van der Waals surface area contributed by atoms with Gasteiger partial charge < -0.3 is 4.57 Å². The van der Waals surface area contributed by atoms with Gasteiger partial charge in [-0.3, -0.25) is 0 Å². The Morgan fingerprint density at radius 1 is 1.00 bits per heavy atom. The van der Waals surface area contributed by atoms with E-state index in [4.69, 9.17) is 0 Å². The first-order chi connectivity index (χ1) is 4.97. The Bertz CT molecular complexity index is 246. The summed E-state index contributed by atoms with van der Waals surface area (Å²) < 4.78 is 1.94. The molecule has 1 aliphatic rings. The molecule has 50 valence electrons. The fraction of sp³-hybridized carbons (Fsp3) is 0.143. The second-order valence-electron chi connectivity index (χ2n) is 2.17. The molecule has 1 aromatic heterocycles. The van der Waals surface area contributed by atoms with Crippen LogP contribution in [0.1, 0.15) is 6.04 Å². The van der Waals surface area contributed by atoms with Crippen LogP contribution in [0.15, 0.2) is 37.0 Å². The largest absolute Gasteiger partial charge is 0.310 e. The Balaban J connectivity index is 2.29. The van der Waals surface area contributed by atoms with Gasteiger partial charge in [0.05, 0.1) is 6.04 Å². The second kappa shape index (κ2) is 2.10. The molecule has 0 saturated carbocycles. The maximum Gasteiger partial charge on any atom is 0.120 e. The Morgan fingerprint density at radius 3 is 2.20 bits per heavy atom. The molecule has 0 amide bonds. The third-order valence-corrected chi connectivity index (χ3v) is 1.51. The van der Waals surface area contributed by atoms with E-state index in [1.165, 1.54) is 0 Å². The van der Waals surface area contributed by atoms with Crippen LogP contribution in [0.3, 0.4) is 0 Å². The van der Waals surface area contributed by atoms with Crippen molar-refractivity contribution < 1.29 is 0 Å². The molecule has 0 radical (unpaired) electrons. The van der Waals surface area contributed by atoms with Crippen LogP contribution in [0.5, 0.6) is 0 Å². The molecule has 2 rings (SSSR count). The summed E-state index contributed by atoms with van der Waals surface area (Å²) in [4.78, 5) is 0. The number of hydrogen-bond acceptors (Lipinski definition) is 2. The van der Waals surface area contributed by atoms with Crippen molar-refractivity contribution in [3.8, 4) is 0 Å². The first-order valence-electron chi connectivity index (χ1n) is 3.16. The summed E-state index contributed by atoms with van der Waals surface area (Å²) in [6.45, 7) is 0. The Hall–Kier alpha value is -1.38. The average molecular weight is 133 g/mol. The molecule has 3 nitrogen and oxygen atoms in total. The summed E-state index contributed by atoms with van der Waals surface area (Å²) >= 11 is 0. The van der Waals surface area contributed by atoms with Gasteiger partial charge in [0, 0.05) is 0 Å². The smallest absolute Gasteiger partial charge is 0.120 e. The van der Waals surface area contributed by atoms with Crippen LogP contribution in [0.2, 0.25) is 0 Å². The highest BCUT2D eigenvalue weighted by molar-refractivity contribution is 5.19. The molecule has 0 atom stereocenters. The van der Waals surface area contributed by atoms with Gasteiger partial charge in [-0.25, -0.2) is 0 Å². The summed E-state index contributed by atoms with van der Waals surface area (Å²) in [5.74, 6) is 0. The van der Waals surface area contributed by atoms with Crippen molar-refractivity contribution in [2.24, 2.45) is 0 Å².